The molecule has 0 spiro atoms. The van der Waals surface area contributed by atoms with Crippen molar-refractivity contribution in [1.82, 2.24) is 0 Å². The number of hydrogen-bond donors (Lipinski definition) is 1. The second-order valence-corrected chi connectivity index (χ2v) is 4.63. The van der Waals surface area contributed by atoms with Crippen LogP contribution in [0.3, 0.4) is 0 Å². The third-order valence-corrected chi connectivity index (χ3v) is 2.56. The minimum atomic E-state index is -3.72. The van der Waals surface area contributed by atoms with Crippen molar-refractivity contribution in [3.63, 3.8) is 0 Å². The second-order valence-electron chi connectivity index (χ2n) is 3.05. The second kappa shape index (κ2) is 9.40. The van der Waals surface area contributed by atoms with Gasteiger partial charge in [-0.1, -0.05) is 39.0 Å². The summed E-state index contributed by atoms with van der Waals surface area (Å²) in [5.41, 5.74) is 0. The molecular formula is C8H18HgO3S. The summed E-state index contributed by atoms with van der Waals surface area (Å²) in [4.78, 5) is 0. The predicted octanol–water partition coefficient (Wildman–Crippen LogP) is 2.23. The molecule has 0 fully saturated rings. The molecule has 3 nitrogen and oxygen atoms in total. The van der Waals surface area contributed by atoms with Gasteiger partial charge in [0.15, 0.2) is 0 Å². The maximum atomic E-state index is 10.3. The van der Waals surface area contributed by atoms with Gasteiger partial charge in [0.05, 0.1) is 5.75 Å². The van der Waals surface area contributed by atoms with Crippen LogP contribution in [0.5, 0.6) is 0 Å². The third-order valence-electron chi connectivity index (χ3n) is 1.76. The normalized spacial score (nSPS) is 10.9. The van der Waals surface area contributed by atoms with Gasteiger partial charge in [0.25, 0.3) is 10.1 Å². The van der Waals surface area contributed by atoms with Crippen LogP contribution in [0.15, 0.2) is 0 Å². The molecule has 0 rings (SSSR count). The van der Waals surface area contributed by atoms with E-state index in [2.05, 4.69) is 6.92 Å². The molecule has 0 unspecified atom stereocenters. The maximum absolute atomic E-state index is 10.3. The molecule has 1 N–H and O–H groups in total. The quantitative estimate of drug-likeness (QED) is 0.409. The summed E-state index contributed by atoms with van der Waals surface area (Å²) in [6, 6.07) is 0. The molecule has 5 heteroatoms. The molecule has 0 aromatic carbocycles. The van der Waals surface area contributed by atoms with Crippen LogP contribution in [0.2, 0.25) is 0 Å². The molecule has 0 atom stereocenters. The van der Waals surface area contributed by atoms with Gasteiger partial charge < -0.3 is 0 Å². The molecule has 0 radical (unpaired) electrons. The van der Waals surface area contributed by atoms with E-state index in [9.17, 15) is 8.42 Å². The van der Waals surface area contributed by atoms with Crippen molar-refractivity contribution in [1.29, 1.82) is 0 Å². The van der Waals surface area contributed by atoms with Crippen LogP contribution < -0.4 is 0 Å². The summed E-state index contributed by atoms with van der Waals surface area (Å²) in [7, 11) is -3.72. The molecule has 0 aromatic rings. The van der Waals surface area contributed by atoms with Gasteiger partial charge in [-0.3, -0.25) is 4.55 Å². The summed E-state index contributed by atoms with van der Waals surface area (Å²) in [5.74, 6) is -0.0842. The molecule has 0 aliphatic rings. The maximum Gasteiger partial charge on any atom is 0.264 e. The fraction of sp³-hybridized carbons (Fsp3) is 1.00. The van der Waals surface area contributed by atoms with E-state index in [0.717, 1.165) is 12.8 Å². The SMILES string of the molecule is CCCCCCCCS(=O)(=O)O.[Hg]. The Morgan fingerprint density at radius 3 is 1.92 bits per heavy atom. The van der Waals surface area contributed by atoms with Gasteiger partial charge in [-0.05, 0) is 6.42 Å². The average Bonchev–Trinajstić information content (AvgIpc) is 1.94. The predicted molar refractivity (Wildman–Crippen MR) is 49.8 cm³/mol. The first kappa shape index (κ1) is 16.3. The number of hydrogen-bond acceptors (Lipinski definition) is 2. The topological polar surface area (TPSA) is 54.4 Å². The third kappa shape index (κ3) is 15.6. The Morgan fingerprint density at radius 1 is 1.00 bits per heavy atom. The Morgan fingerprint density at radius 2 is 1.46 bits per heavy atom. The minimum Gasteiger partial charge on any atom is -0.286 e. The fourth-order valence-corrected chi connectivity index (χ4v) is 1.63. The largest absolute Gasteiger partial charge is 0.286 e. The van der Waals surface area contributed by atoms with E-state index in [1.54, 1.807) is 0 Å². The van der Waals surface area contributed by atoms with Gasteiger partial charge in [-0.2, -0.15) is 8.42 Å². The van der Waals surface area contributed by atoms with Gasteiger partial charge in [0, 0.05) is 27.7 Å². The van der Waals surface area contributed by atoms with Crippen molar-refractivity contribution in [3.05, 3.63) is 0 Å². The van der Waals surface area contributed by atoms with E-state index >= 15 is 0 Å². The van der Waals surface area contributed by atoms with Crippen molar-refractivity contribution >= 4 is 10.1 Å². The Balaban J connectivity index is 0. The van der Waals surface area contributed by atoms with Crippen molar-refractivity contribution in [2.24, 2.45) is 0 Å². The van der Waals surface area contributed by atoms with E-state index in [1.165, 1.54) is 19.3 Å². The zero-order valence-corrected chi connectivity index (χ0v) is 14.6. The van der Waals surface area contributed by atoms with E-state index in [4.69, 9.17) is 4.55 Å². The van der Waals surface area contributed by atoms with E-state index in [1.807, 2.05) is 0 Å². The molecule has 76 valence electrons. The molecule has 0 aliphatic carbocycles. The number of unbranched alkanes of at least 4 members (excludes halogenated alkanes) is 5. The van der Waals surface area contributed by atoms with E-state index in [0.29, 0.717) is 6.42 Å². The first-order valence-electron chi connectivity index (χ1n) is 4.51. The van der Waals surface area contributed by atoms with Crippen molar-refractivity contribution in [2.45, 2.75) is 45.4 Å². The summed E-state index contributed by atoms with van der Waals surface area (Å²) >= 11 is 0. The molecule has 0 aliphatic heterocycles. The minimum absolute atomic E-state index is 0. The summed E-state index contributed by atoms with van der Waals surface area (Å²) in [6.45, 7) is 2.14. The number of rotatable bonds is 7. The molecular weight excluding hydrogens is 377 g/mol. The van der Waals surface area contributed by atoms with Crippen molar-refractivity contribution in [3.8, 4) is 0 Å². The van der Waals surface area contributed by atoms with Gasteiger partial charge in [-0.25, -0.2) is 0 Å². The smallest absolute Gasteiger partial charge is 0.264 e. The van der Waals surface area contributed by atoms with Crippen LogP contribution in [0, 0.1) is 0 Å². The molecule has 0 saturated heterocycles. The Labute approximate surface area is 102 Å². The first-order chi connectivity index (χ1) is 5.56. The van der Waals surface area contributed by atoms with Crippen LogP contribution in [0.25, 0.3) is 0 Å². The van der Waals surface area contributed by atoms with Crippen LogP contribution in [0.1, 0.15) is 45.4 Å². The summed E-state index contributed by atoms with van der Waals surface area (Å²) < 4.78 is 28.9. The Bertz CT molecular complexity index is 190. The van der Waals surface area contributed by atoms with Crippen LogP contribution in [0.4, 0.5) is 0 Å². The summed E-state index contributed by atoms with van der Waals surface area (Å²) in [5, 5.41) is 0. The zero-order valence-electron chi connectivity index (χ0n) is 8.33. The fourth-order valence-electron chi connectivity index (χ4n) is 1.06. The molecule has 0 amide bonds. The summed E-state index contributed by atoms with van der Waals surface area (Å²) in [6.07, 6.45) is 6.14. The van der Waals surface area contributed by atoms with Crippen LogP contribution >= 0.6 is 0 Å². The van der Waals surface area contributed by atoms with Gasteiger partial charge >= 0.3 is 0 Å². The van der Waals surface area contributed by atoms with E-state index in [-0.39, 0.29) is 33.4 Å². The van der Waals surface area contributed by atoms with E-state index < -0.39 is 10.1 Å². The molecule has 0 aromatic heterocycles. The molecule has 0 heterocycles. The molecule has 0 saturated carbocycles. The molecule has 0 bridgehead atoms. The standard InChI is InChI=1S/C8H18O3S.Hg/c1-2-3-4-5-6-7-8-12(9,10)11;/h2-8H2,1H3,(H,9,10,11);. The zero-order chi connectivity index (χ0) is 9.45. The van der Waals surface area contributed by atoms with Crippen LogP contribution in [-0.4, -0.2) is 18.7 Å². The Kier molecular flexibility index (Phi) is 11.8. The van der Waals surface area contributed by atoms with Gasteiger partial charge in [0.2, 0.25) is 0 Å². The van der Waals surface area contributed by atoms with Crippen molar-refractivity contribution in [2.75, 3.05) is 5.75 Å². The molecule has 13 heavy (non-hydrogen) atoms. The Hall–Kier alpha value is 0.845. The van der Waals surface area contributed by atoms with Gasteiger partial charge in [0.1, 0.15) is 0 Å². The first-order valence-corrected chi connectivity index (χ1v) is 6.12. The monoisotopic (exact) mass is 396 g/mol. The van der Waals surface area contributed by atoms with Crippen LogP contribution in [-0.2, 0) is 37.8 Å². The van der Waals surface area contributed by atoms with Crippen molar-refractivity contribution < 1.29 is 40.6 Å². The van der Waals surface area contributed by atoms with Gasteiger partial charge in [-0.15, -0.1) is 0 Å². The average molecular weight is 395 g/mol.